The third kappa shape index (κ3) is 12.2. The van der Waals surface area contributed by atoms with Crippen LogP contribution in [0.4, 0.5) is 0 Å². The van der Waals surface area contributed by atoms with E-state index in [2.05, 4.69) is 12.2 Å². The molecule has 0 aliphatic rings. The Morgan fingerprint density at radius 1 is 0.947 bits per heavy atom. The summed E-state index contributed by atoms with van der Waals surface area (Å²) in [6.07, 6.45) is 7.50. The van der Waals surface area contributed by atoms with Gasteiger partial charge in [0.25, 0.3) is 0 Å². The van der Waals surface area contributed by atoms with Gasteiger partial charge in [-0.05, 0) is 20.3 Å². The van der Waals surface area contributed by atoms with Crippen LogP contribution in [0, 0.1) is 0 Å². The van der Waals surface area contributed by atoms with Crippen LogP contribution in [0.5, 0.6) is 0 Å². The third-order valence-electron chi connectivity index (χ3n) is 2.93. The van der Waals surface area contributed by atoms with E-state index in [1.54, 1.807) is 0 Å². The molecule has 0 bridgehead atoms. The minimum absolute atomic E-state index is 0.0971. The van der Waals surface area contributed by atoms with E-state index < -0.39 is 0 Å². The van der Waals surface area contributed by atoms with Gasteiger partial charge in [0.2, 0.25) is 5.91 Å². The van der Waals surface area contributed by atoms with Crippen molar-refractivity contribution < 1.29 is 14.3 Å². The largest absolute Gasteiger partial charge is 0.351 e. The number of nitrogens with one attached hydrogen (secondary N) is 1. The lowest BCUT2D eigenvalue weighted by molar-refractivity contribution is -0.140. The molecule has 0 aliphatic heterocycles. The fourth-order valence-electron chi connectivity index (χ4n) is 1.89. The zero-order valence-electron chi connectivity index (χ0n) is 12.9. The molecule has 0 spiro atoms. The summed E-state index contributed by atoms with van der Waals surface area (Å²) in [6.45, 7) is 7.68. The van der Waals surface area contributed by atoms with Gasteiger partial charge in [0.1, 0.15) is 0 Å². The Morgan fingerprint density at radius 3 is 2.11 bits per heavy atom. The lowest BCUT2D eigenvalue weighted by Gasteiger charge is -2.17. The van der Waals surface area contributed by atoms with E-state index in [0.717, 1.165) is 12.8 Å². The molecule has 0 aromatic carbocycles. The molecule has 0 aromatic heterocycles. The molecule has 1 N–H and O–H groups in total. The van der Waals surface area contributed by atoms with Gasteiger partial charge in [0.05, 0.1) is 6.54 Å². The topological polar surface area (TPSA) is 47.6 Å². The first-order valence-electron chi connectivity index (χ1n) is 7.74. The molecule has 0 atom stereocenters. The van der Waals surface area contributed by atoms with Crippen molar-refractivity contribution in [1.29, 1.82) is 0 Å². The highest BCUT2D eigenvalue weighted by molar-refractivity contribution is 5.75. The molecule has 4 heteroatoms. The Labute approximate surface area is 118 Å². The maximum atomic E-state index is 11.6. The molecule has 0 fully saturated rings. The Balaban J connectivity index is 3.50. The van der Waals surface area contributed by atoms with Crippen molar-refractivity contribution in [2.75, 3.05) is 19.8 Å². The molecule has 0 unspecified atom stereocenters. The lowest BCUT2D eigenvalue weighted by atomic mass is 10.1. The van der Waals surface area contributed by atoms with Gasteiger partial charge in [-0.2, -0.15) is 0 Å². The van der Waals surface area contributed by atoms with Gasteiger partial charge in [-0.25, -0.2) is 0 Å². The minimum Gasteiger partial charge on any atom is -0.351 e. The minimum atomic E-state index is -0.316. The summed E-state index contributed by atoms with van der Waals surface area (Å²) in [5.74, 6) is 0.0971. The number of carbonyl (C=O) groups is 1. The summed E-state index contributed by atoms with van der Waals surface area (Å²) < 4.78 is 10.7. The van der Waals surface area contributed by atoms with E-state index in [1.165, 1.54) is 25.7 Å². The number of hydrogen-bond donors (Lipinski definition) is 1. The van der Waals surface area contributed by atoms with Crippen molar-refractivity contribution in [1.82, 2.24) is 5.32 Å². The predicted octanol–water partition coefficient (Wildman–Crippen LogP) is 3.25. The second-order valence-corrected chi connectivity index (χ2v) is 4.66. The molecule has 19 heavy (non-hydrogen) atoms. The van der Waals surface area contributed by atoms with Crippen LogP contribution >= 0.6 is 0 Å². The Hall–Kier alpha value is -0.610. The lowest BCUT2D eigenvalue weighted by Crippen LogP contribution is -2.35. The standard InChI is InChI=1S/C15H31NO3/c1-4-7-8-9-10-11-12-14(17)16-13-15(18-5-2)19-6-3/h15H,4-13H2,1-3H3,(H,16,17). The van der Waals surface area contributed by atoms with Crippen LogP contribution in [-0.4, -0.2) is 32.0 Å². The zero-order chi connectivity index (χ0) is 14.3. The second-order valence-electron chi connectivity index (χ2n) is 4.66. The summed E-state index contributed by atoms with van der Waals surface area (Å²) in [4.78, 5) is 11.6. The number of rotatable bonds is 13. The summed E-state index contributed by atoms with van der Waals surface area (Å²) in [6, 6.07) is 0. The molecule has 4 nitrogen and oxygen atoms in total. The molecule has 114 valence electrons. The quantitative estimate of drug-likeness (QED) is 0.414. The summed E-state index contributed by atoms with van der Waals surface area (Å²) in [7, 11) is 0. The van der Waals surface area contributed by atoms with Crippen molar-refractivity contribution in [3.8, 4) is 0 Å². The van der Waals surface area contributed by atoms with E-state index in [-0.39, 0.29) is 12.2 Å². The van der Waals surface area contributed by atoms with Crippen molar-refractivity contribution in [3.63, 3.8) is 0 Å². The van der Waals surface area contributed by atoms with Crippen LogP contribution in [0.2, 0.25) is 0 Å². The fraction of sp³-hybridized carbons (Fsp3) is 0.933. The van der Waals surface area contributed by atoms with Crippen molar-refractivity contribution in [2.45, 2.75) is 72.0 Å². The number of unbranched alkanes of at least 4 members (excludes halogenated alkanes) is 5. The monoisotopic (exact) mass is 273 g/mol. The normalized spacial score (nSPS) is 10.9. The second kappa shape index (κ2) is 13.8. The van der Waals surface area contributed by atoms with Crippen LogP contribution in [0.1, 0.15) is 65.7 Å². The van der Waals surface area contributed by atoms with Gasteiger partial charge in [-0.15, -0.1) is 0 Å². The van der Waals surface area contributed by atoms with Crippen LogP contribution in [0.3, 0.4) is 0 Å². The summed E-state index contributed by atoms with van der Waals surface area (Å²) in [5.41, 5.74) is 0. The van der Waals surface area contributed by atoms with Crippen LogP contribution in [0.25, 0.3) is 0 Å². The van der Waals surface area contributed by atoms with Crippen LogP contribution in [-0.2, 0) is 14.3 Å². The fourth-order valence-corrected chi connectivity index (χ4v) is 1.89. The molecule has 0 aromatic rings. The van der Waals surface area contributed by atoms with Crippen molar-refractivity contribution >= 4 is 5.91 Å². The van der Waals surface area contributed by atoms with Gasteiger partial charge in [0.15, 0.2) is 6.29 Å². The average Bonchev–Trinajstić information content (AvgIpc) is 2.40. The predicted molar refractivity (Wildman–Crippen MR) is 78.0 cm³/mol. The Kier molecular flexibility index (Phi) is 13.4. The van der Waals surface area contributed by atoms with E-state index in [9.17, 15) is 4.79 Å². The molecule has 0 saturated heterocycles. The molecule has 0 heterocycles. The van der Waals surface area contributed by atoms with Gasteiger partial charge < -0.3 is 14.8 Å². The maximum Gasteiger partial charge on any atom is 0.220 e. The van der Waals surface area contributed by atoms with Gasteiger partial charge in [-0.1, -0.05) is 39.0 Å². The number of amides is 1. The molecule has 0 radical (unpaired) electrons. The highest BCUT2D eigenvalue weighted by Crippen LogP contribution is 2.06. The Bertz CT molecular complexity index is 204. The van der Waals surface area contributed by atoms with Gasteiger partial charge in [0, 0.05) is 19.6 Å². The van der Waals surface area contributed by atoms with E-state index >= 15 is 0 Å². The average molecular weight is 273 g/mol. The highest BCUT2D eigenvalue weighted by atomic mass is 16.7. The molecule has 0 saturated carbocycles. The highest BCUT2D eigenvalue weighted by Gasteiger charge is 2.09. The van der Waals surface area contributed by atoms with E-state index in [4.69, 9.17) is 9.47 Å². The molecular weight excluding hydrogens is 242 g/mol. The van der Waals surface area contributed by atoms with E-state index in [0.29, 0.717) is 26.2 Å². The first-order valence-corrected chi connectivity index (χ1v) is 7.74. The molecule has 0 rings (SSSR count). The van der Waals surface area contributed by atoms with Gasteiger partial charge >= 0.3 is 0 Å². The molecular formula is C15H31NO3. The van der Waals surface area contributed by atoms with Crippen molar-refractivity contribution in [3.05, 3.63) is 0 Å². The first-order chi connectivity index (χ1) is 9.24. The zero-order valence-corrected chi connectivity index (χ0v) is 12.9. The summed E-state index contributed by atoms with van der Waals surface area (Å²) in [5, 5.41) is 2.87. The third-order valence-corrected chi connectivity index (χ3v) is 2.93. The summed E-state index contributed by atoms with van der Waals surface area (Å²) >= 11 is 0. The first kappa shape index (κ1) is 18.4. The molecule has 0 aliphatic carbocycles. The molecule has 1 amide bonds. The van der Waals surface area contributed by atoms with Gasteiger partial charge in [-0.3, -0.25) is 4.79 Å². The van der Waals surface area contributed by atoms with Crippen LogP contribution < -0.4 is 5.32 Å². The van der Waals surface area contributed by atoms with E-state index in [1.807, 2.05) is 13.8 Å². The smallest absolute Gasteiger partial charge is 0.220 e. The van der Waals surface area contributed by atoms with Crippen molar-refractivity contribution in [2.24, 2.45) is 0 Å². The van der Waals surface area contributed by atoms with Crippen LogP contribution in [0.15, 0.2) is 0 Å². The number of ether oxygens (including phenoxy) is 2. The SMILES string of the molecule is CCCCCCCCC(=O)NCC(OCC)OCC. The maximum absolute atomic E-state index is 11.6. The number of hydrogen-bond acceptors (Lipinski definition) is 3. The number of carbonyl (C=O) groups excluding carboxylic acids is 1. The Morgan fingerprint density at radius 2 is 1.53 bits per heavy atom.